The molecule has 1 rings (SSSR count). The second-order valence-corrected chi connectivity index (χ2v) is 5.06. The number of rotatable bonds is 6. The van der Waals surface area contributed by atoms with E-state index < -0.39 is 11.6 Å². The van der Waals surface area contributed by atoms with Crippen molar-refractivity contribution in [1.82, 2.24) is 5.32 Å². The number of nitrogens with one attached hydrogen (secondary N) is 1. The zero-order valence-corrected chi connectivity index (χ0v) is 10.3. The maximum atomic E-state index is 10.6. The van der Waals surface area contributed by atoms with Crippen molar-refractivity contribution in [1.29, 1.82) is 0 Å². The van der Waals surface area contributed by atoms with Gasteiger partial charge in [0.05, 0.1) is 11.2 Å². The quantitative estimate of drug-likeness (QED) is 0.711. The molecule has 1 heterocycles. The van der Waals surface area contributed by atoms with Crippen LogP contribution in [0.5, 0.6) is 0 Å². The van der Waals surface area contributed by atoms with Gasteiger partial charge >= 0.3 is 5.97 Å². The average molecular weight is 243 g/mol. The van der Waals surface area contributed by atoms with Crippen molar-refractivity contribution in [3.05, 3.63) is 21.9 Å². The van der Waals surface area contributed by atoms with Crippen LogP contribution in [-0.4, -0.2) is 28.3 Å². The van der Waals surface area contributed by atoms with Gasteiger partial charge in [0.15, 0.2) is 0 Å². The Morgan fingerprint density at radius 2 is 2.31 bits per heavy atom. The molecular weight excluding hydrogens is 226 g/mol. The minimum absolute atomic E-state index is 0.323. The van der Waals surface area contributed by atoms with Crippen LogP contribution in [0.1, 0.15) is 35.5 Å². The van der Waals surface area contributed by atoms with Gasteiger partial charge in [0.25, 0.3) is 0 Å². The van der Waals surface area contributed by atoms with Crippen molar-refractivity contribution >= 4 is 17.3 Å². The van der Waals surface area contributed by atoms with Crippen molar-refractivity contribution in [3.8, 4) is 0 Å². The Hall–Kier alpha value is -0.910. The van der Waals surface area contributed by atoms with Crippen LogP contribution in [0, 0.1) is 0 Å². The lowest BCUT2D eigenvalue weighted by molar-refractivity contribution is 0.0555. The van der Waals surface area contributed by atoms with Crippen molar-refractivity contribution in [2.24, 2.45) is 0 Å². The third-order valence-corrected chi connectivity index (χ3v) is 3.40. The van der Waals surface area contributed by atoms with Crippen molar-refractivity contribution in [3.63, 3.8) is 0 Å². The standard InChI is InChI=1S/C11H17NO3S/c1-3-11(2,15)7-12-5-9-4-8(6-16-9)10(13)14/h4,6,12,15H,3,5,7H2,1-2H3,(H,13,14). The molecule has 0 bridgehead atoms. The molecule has 0 aliphatic carbocycles. The molecule has 0 radical (unpaired) electrons. The van der Waals surface area contributed by atoms with E-state index in [1.54, 1.807) is 18.4 Å². The van der Waals surface area contributed by atoms with Gasteiger partial charge in [-0.25, -0.2) is 4.79 Å². The molecule has 0 saturated carbocycles. The Kier molecular flexibility index (Phi) is 4.46. The summed E-state index contributed by atoms with van der Waals surface area (Å²) in [7, 11) is 0. The van der Waals surface area contributed by atoms with E-state index in [0.717, 1.165) is 4.88 Å². The highest BCUT2D eigenvalue weighted by Crippen LogP contribution is 2.15. The second kappa shape index (κ2) is 5.43. The molecule has 4 nitrogen and oxygen atoms in total. The highest BCUT2D eigenvalue weighted by atomic mass is 32.1. The monoisotopic (exact) mass is 243 g/mol. The van der Waals surface area contributed by atoms with Gasteiger partial charge in [-0.05, 0) is 19.4 Å². The van der Waals surface area contributed by atoms with Crippen LogP contribution in [0.4, 0.5) is 0 Å². The summed E-state index contributed by atoms with van der Waals surface area (Å²) in [5.74, 6) is -0.900. The molecular formula is C11H17NO3S. The molecule has 5 heteroatoms. The van der Waals surface area contributed by atoms with Crippen LogP contribution in [0.25, 0.3) is 0 Å². The summed E-state index contributed by atoms with van der Waals surface area (Å²) in [4.78, 5) is 11.6. The van der Waals surface area contributed by atoms with Gasteiger partial charge in [0.1, 0.15) is 0 Å². The smallest absolute Gasteiger partial charge is 0.336 e. The van der Waals surface area contributed by atoms with Crippen LogP contribution in [0.3, 0.4) is 0 Å². The highest BCUT2D eigenvalue weighted by molar-refractivity contribution is 7.10. The third-order valence-electron chi connectivity index (χ3n) is 2.47. The Morgan fingerprint density at radius 1 is 1.62 bits per heavy atom. The second-order valence-electron chi connectivity index (χ2n) is 4.06. The highest BCUT2D eigenvalue weighted by Gasteiger charge is 2.16. The molecule has 1 aromatic rings. The maximum absolute atomic E-state index is 10.6. The molecule has 0 aliphatic heterocycles. The molecule has 1 unspecified atom stereocenters. The lowest BCUT2D eigenvalue weighted by Gasteiger charge is -2.21. The first-order valence-corrected chi connectivity index (χ1v) is 6.06. The molecule has 1 atom stereocenters. The van der Waals surface area contributed by atoms with Crippen LogP contribution in [0.15, 0.2) is 11.4 Å². The predicted octanol–water partition coefficient (Wildman–Crippen LogP) is 1.70. The average Bonchev–Trinajstić information content (AvgIpc) is 2.66. The molecule has 0 saturated heterocycles. The van der Waals surface area contributed by atoms with Crippen LogP contribution >= 0.6 is 11.3 Å². The molecule has 0 aliphatic rings. The van der Waals surface area contributed by atoms with Gasteiger partial charge in [-0.3, -0.25) is 0 Å². The number of aromatic carboxylic acids is 1. The maximum Gasteiger partial charge on any atom is 0.336 e. The predicted molar refractivity (Wildman–Crippen MR) is 63.9 cm³/mol. The van der Waals surface area contributed by atoms with Gasteiger partial charge in [0.2, 0.25) is 0 Å². The van der Waals surface area contributed by atoms with Gasteiger partial charge in [-0.15, -0.1) is 11.3 Å². The largest absolute Gasteiger partial charge is 0.478 e. The molecule has 16 heavy (non-hydrogen) atoms. The van der Waals surface area contributed by atoms with E-state index in [9.17, 15) is 9.90 Å². The molecule has 0 spiro atoms. The van der Waals surface area contributed by atoms with E-state index in [1.807, 2.05) is 6.92 Å². The third kappa shape index (κ3) is 3.92. The van der Waals surface area contributed by atoms with E-state index in [1.165, 1.54) is 11.3 Å². The molecule has 90 valence electrons. The summed E-state index contributed by atoms with van der Waals surface area (Å²) < 4.78 is 0. The number of aliphatic hydroxyl groups is 1. The molecule has 0 fully saturated rings. The summed E-state index contributed by atoms with van der Waals surface area (Å²) in [5, 5.41) is 23.2. The summed E-state index contributed by atoms with van der Waals surface area (Å²) in [6.45, 7) is 4.80. The molecule has 1 aromatic heterocycles. The van der Waals surface area contributed by atoms with Gasteiger partial charge in [-0.2, -0.15) is 0 Å². The molecule has 0 aromatic carbocycles. The van der Waals surface area contributed by atoms with Gasteiger partial charge in [0, 0.05) is 23.3 Å². The van der Waals surface area contributed by atoms with Crippen molar-refractivity contribution in [2.45, 2.75) is 32.4 Å². The van der Waals surface area contributed by atoms with E-state index in [-0.39, 0.29) is 0 Å². The normalized spacial score (nSPS) is 14.7. The first-order chi connectivity index (χ1) is 7.44. The summed E-state index contributed by atoms with van der Waals surface area (Å²) in [6.07, 6.45) is 0.685. The minimum atomic E-state index is -0.900. The van der Waals surface area contributed by atoms with Crippen LogP contribution in [0.2, 0.25) is 0 Å². The summed E-state index contributed by atoms with van der Waals surface area (Å²) in [5.41, 5.74) is -0.378. The fraction of sp³-hybridized carbons (Fsp3) is 0.545. The lowest BCUT2D eigenvalue weighted by atomic mass is 10.0. The number of hydrogen-bond donors (Lipinski definition) is 3. The van der Waals surface area contributed by atoms with E-state index in [2.05, 4.69) is 5.32 Å². The number of carboxylic acids is 1. The van der Waals surface area contributed by atoms with Crippen LogP contribution < -0.4 is 5.32 Å². The Labute approximate surface area is 98.9 Å². The lowest BCUT2D eigenvalue weighted by Crippen LogP contribution is -2.36. The number of thiophene rings is 1. The van der Waals surface area contributed by atoms with Gasteiger partial charge < -0.3 is 15.5 Å². The van der Waals surface area contributed by atoms with E-state index >= 15 is 0 Å². The zero-order valence-electron chi connectivity index (χ0n) is 9.49. The number of hydrogen-bond acceptors (Lipinski definition) is 4. The fourth-order valence-electron chi connectivity index (χ4n) is 1.17. The van der Waals surface area contributed by atoms with Gasteiger partial charge in [-0.1, -0.05) is 6.92 Å². The van der Waals surface area contributed by atoms with Crippen molar-refractivity contribution in [2.75, 3.05) is 6.54 Å². The number of carboxylic acid groups (broad SMARTS) is 1. The minimum Gasteiger partial charge on any atom is -0.478 e. The van der Waals surface area contributed by atoms with E-state index in [4.69, 9.17) is 5.11 Å². The SMILES string of the molecule is CCC(C)(O)CNCc1cc(C(=O)O)cs1. The first kappa shape index (κ1) is 13.2. The fourth-order valence-corrected chi connectivity index (χ4v) is 1.99. The topological polar surface area (TPSA) is 69.6 Å². The zero-order chi connectivity index (χ0) is 12.2. The van der Waals surface area contributed by atoms with Crippen molar-refractivity contribution < 1.29 is 15.0 Å². The van der Waals surface area contributed by atoms with E-state index in [0.29, 0.717) is 25.1 Å². The van der Waals surface area contributed by atoms with Crippen LogP contribution in [-0.2, 0) is 6.54 Å². The Morgan fingerprint density at radius 3 is 2.81 bits per heavy atom. The summed E-state index contributed by atoms with van der Waals surface area (Å²) in [6, 6.07) is 1.65. The summed E-state index contributed by atoms with van der Waals surface area (Å²) >= 11 is 1.41. The first-order valence-electron chi connectivity index (χ1n) is 5.18. The molecule has 0 amide bonds. The number of carbonyl (C=O) groups is 1. The Balaban J connectivity index is 2.40. The molecule has 3 N–H and O–H groups in total. The Bertz CT molecular complexity index is 360.